The molecule has 0 amide bonds. The first kappa shape index (κ1) is 16.4. The van der Waals surface area contributed by atoms with Crippen molar-refractivity contribution in [3.8, 4) is 0 Å². The molecule has 0 aliphatic carbocycles. The molecule has 0 radical (unpaired) electrons. The zero-order valence-electron chi connectivity index (χ0n) is 12.6. The topological polar surface area (TPSA) is 71.5 Å². The van der Waals surface area contributed by atoms with Crippen LogP contribution in [0.15, 0.2) is 23.4 Å². The lowest BCUT2D eigenvalue weighted by Crippen LogP contribution is -2.30. The monoisotopic (exact) mass is 313 g/mol. The standard InChI is InChI=1S/C14H23N3O3S/c1-3-15-8-12-4-5-14(16-9-12)21(18,19)17-7-6-13(10-17)11-20-2/h4-5,9,13,15H,3,6-8,10-11H2,1-2H3. The van der Waals surface area contributed by atoms with Crippen LogP contribution in [0.2, 0.25) is 0 Å². The summed E-state index contributed by atoms with van der Waals surface area (Å²) >= 11 is 0. The average Bonchev–Trinajstić information content (AvgIpc) is 2.95. The number of sulfonamides is 1. The average molecular weight is 313 g/mol. The summed E-state index contributed by atoms with van der Waals surface area (Å²) in [4.78, 5) is 4.12. The Morgan fingerprint density at radius 1 is 1.48 bits per heavy atom. The molecule has 21 heavy (non-hydrogen) atoms. The highest BCUT2D eigenvalue weighted by Gasteiger charge is 2.33. The van der Waals surface area contributed by atoms with Crippen LogP contribution in [0.5, 0.6) is 0 Å². The second kappa shape index (κ2) is 7.31. The van der Waals surface area contributed by atoms with Gasteiger partial charge in [-0.1, -0.05) is 13.0 Å². The molecule has 1 saturated heterocycles. The molecule has 0 aromatic carbocycles. The van der Waals surface area contributed by atoms with Crippen LogP contribution in [0.25, 0.3) is 0 Å². The van der Waals surface area contributed by atoms with E-state index in [1.165, 1.54) is 4.31 Å². The fraction of sp³-hybridized carbons (Fsp3) is 0.643. The van der Waals surface area contributed by atoms with Gasteiger partial charge in [-0.2, -0.15) is 4.31 Å². The van der Waals surface area contributed by atoms with Crippen LogP contribution in [0.3, 0.4) is 0 Å². The lowest BCUT2D eigenvalue weighted by molar-refractivity contribution is 0.157. The molecule has 1 aromatic heterocycles. The molecule has 1 N–H and O–H groups in total. The van der Waals surface area contributed by atoms with E-state index in [1.54, 1.807) is 19.4 Å². The third-order valence-electron chi connectivity index (χ3n) is 3.63. The van der Waals surface area contributed by atoms with Gasteiger partial charge in [-0.25, -0.2) is 13.4 Å². The molecule has 0 bridgehead atoms. The second-order valence-electron chi connectivity index (χ2n) is 5.26. The number of rotatable bonds is 7. The minimum atomic E-state index is -3.48. The predicted octanol–water partition coefficient (Wildman–Crippen LogP) is 0.848. The largest absolute Gasteiger partial charge is 0.384 e. The molecular weight excluding hydrogens is 290 g/mol. The van der Waals surface area contributed by atoms with Gasteiger partial charge >= 0.3 is 0 Å². The minimum absolute atomic E-state index is 0.126. The molecule has 118 valence electrons. The first-order chi connectivity index (χ1) is 10.1. The van der Waals surface area contributed by atoms with E-state index in [2.05, 4.69) is 10.3 Å². The summed E-state index contributed by atoms with van der Waals surface area (Å²) in [6.45, 7) is 5.24. The Labute approximate surface area is 126 Å². The van der Waals surface area contributed by atoms with Gasteiger partial charge in [0.05, 0.1) is 6.61 Å². The highest BCUT2D eigenvalue weighted by molar-refractivity contribution is 7.89. The summed E-state index contributed by atoms with van der Waals surface area (Å²) in [5.41, 5.74) is 0.981. The van der Waals surface area contributed by atoms with Gasteiger partial charge in [-0.05, 0) is 30.5 Å². The Bertz CT molecular complexity index is 545. The van der Waals surface area contributed by atoms with Crippen molar-refractivity contribution in [2.75, 3.05) is 33.4 Å². The van der Waals surface area contributed by atoms with E-state index in [-0.39, 0.29) is 10.9 Å². The first-order valence-electron chi connectivity index (χ1n) is 7.22. The van der Waals surface area contributed by atoms with Gasteiger partial charge in [0, 0.05) is 32.9 Å². The molecule has 0 spiro atoms. The molecule has 1 atom stereocenters. The zero-order valence-corrected chi connectivity index (χ0v) is 13.4. The molecule has 1 aromatic rings. The van der Waals surface area contributed by atoms with E-state index in [0.29, 0.717) is 26.2 Å². The second-order valence-corrected chi connectivity index (χ2v) is 7.14. The van der Waals surface area contributed by atoms with E-state index < -0.39 is 10.0 Å². The van der Waals surface area contributed by atoms with Crippen LogP contribution in [0.4, 0.5) is 0 Å². The van der Waals surface area contributed by atoms with E-state index in [9.17, 15) is 8.42 Å². The normalized spacial score (nSPS) is 20.0. The third-order valence-corrected chi connectivity index (χ3v) is 5.41. The maximum Gasteiger partial charge on any atom is 0.260 e. The summed E-state index contributed by atoms with van der Waals surface area (Å²) in [5.74, 6) is 0.276. The molecule has 1 aliphatic rings. The van der Waals surface area contributed by atoms with Gasteiger partial charge in [0.25, 0.3) is 10.0 Å². The van der Waals surface area contributed by atoms with E-state index >= 15 is 0 Å². The molecule has 2 heterocycles. The Kier molecular flexibility index (Phi) is 5.69. The van der Waals surface area contributed by atoms with Gasteiger partial charge in [-0.15, -0.1) is 0 Å². The summed E-state index contributed by atoms with van der Waals surface area (Å²) in [5, 5.41) is 3.31. The zero-order chi connectivity index (χ0) is 15.3. The van der Waals surface area contributed by atoms with E-state index in [1.807, 2.05) is 13.0 Å². The molecule has 2 rings (SSSR count). The van der Waals surface area contributed by atoms with Crippen molar-refractivity contribution in [1.29, 1.82) is 0 Å². The lowest BCUT2D eigenvalue weighted by atomic mass is 10.1. The quantitative estimate of drug-likeness (QED) is 0.808. The number of pyridine rings is 1. The predicted molar refractivity (Wildman–Crippen MR) is 80.4 cm³/mol. The first-order valence-corrected chi connectivity index (χ1v) is 8.66. The summed E-state index contributed by atoms with van der Waals surface area (Å²) in [6, 6.07) is 3.40. The number of nitrogens with one attached hydrogen (secondary N) is 1. The minimum Gasteiger partial charge on any atom is -0.384 e. The van der Waals surface area contributed by atoms with Gasteiger partial charge in [0.15, 0.2) is 5.03 Å². The Balaban J connectivity index is 2.06. The number of aromatic nitrogens is 1. The maximum atomic E-state index is 12.5. The van der Waals surface area contributed by atoms with Gasteiger partial charge in [-0.3, -0.25) is 0 Å². The molecule has 7 heteroatoms. The SMILES string of the molecule is CCNCc1ccc(S(=O)(=O)N2CCC(COC)C2)nc1. The molecule has 0 saturated carbocycles. The van der Waals surface area contributed by atoms with Crippen LogP contribution < -0.4 is 5.32 Å². The molecule has 6 nitrogen and oxygen atoms in total. The molecular formula is C14H23N3O3S. The highest BCUT2D eigenvalue weighted by atomic mass is 32.2. The Hall–Kier alpha value is -1.02. The maximum absolute atomic E-state index is 12.5. The Morgan fingerprint density at radius 3 is 2.90 bits per heavy atom. The van der Waals surface area contributed by atoms with Crippen LogP contribution in [0, 0.1) is 5.92 Å². The number of hydrogen-bond donors (Lipinski definition) is 1. The summed E-state index contributed by atoms with van der Waals surface area (Å²) < 4.78 is 31.6. The van der Waals surface area contributed by atoms with E-state index in [4.69, 9.17) is 4.74 Å². The van der Waals surface area contributed by atoms with Crippen molar-refractivity contribution in [2.45, 2.75) is 24.9 Å². The van der Waals surface area contributed by atoms with Crippen LogP contribution >= 0.6 is 0 Å². The Morgan fingerprint density at radius 2 is 2.29 bits per heavy atom. The smallest absolute Gasteiger partial charge is 0.260 e. The number of hydrogen-bond acceptors (Lipinski definition) is 5. The number of nitrogens with zero attached hydrogens (tertiary/aromatic N) is 2. The van der Waals surface area contributed by atoms with Crippen LogP contribution in [-0.4, -0.2) is 51.1 Å². The third kappa shape index (κ3) is 4.00. The summed E-state index contributed by atoms with van der Waals surface area (Å²) in [6.07, 6.45) is 2.46. The van der Waals surface area contributed by atoms with Crippen molar-refractivity contribution in [2.24, 2.45) is 5.92 Å². The van der Waals surface area contributed by atoms with Crippen molar-refractivity contribution < 1.29 is 13.2 Å². The van der Waals surface area contributed by atoms with E-state index in [0.717, 1.165) is 18.5 Å². The van der Waals surface area contributed by atoms with Crippen molar-refractivity contribution in [3.63, 3.8) is 0 Å². The molecule has 1 aliphatic heterocycles. The molecule has 1 unspecified atom stereocenters. The lowest BCUT2D eigenvalue weighted by Gasteiger charge is -2.16. The fourth-order valence-corrected chi connectivity index (χ4v) is 3.90. The number of ether oxygens (including phenoxy) is 1. The highest BCUT2D eigenvalue weighted by Crippen LogP contribution is 2.23. The van der Waals surface area contributed by atoms with Crippen molar-refractivity contribution in [3.05, 3.63) is 23.9 Å². The van der Waals surface area contributed by atoms with Crippen molar-refractivity contribution >= 4 is 10.0 Å². The van der Waals surface area contributed by atoms with Crippen molar-refractivity contribution in [1.82, 2.24) is 14.6 Å². The number of methoxy groups -OCH3 is 1. The molecule has 1 fully saturated rings. The van der Waals surface area contributed by atoms with Gasteiger partial charge in [0.2, 0.25) is 0 Å². The van der Waals surface area contributed by atoms with Gasteiger partial charge < -0.3 is 10.1 Å². The van der Waals surface area contributed by atoms with Crippen LogP contribution in [0.1, 0.15) is 18.9 Å². The van der Waals surface area contributed by atoms with Gasteiger partial charge in [0.1, 0.15) is 0 Å². The fourth-order valence-electron chi connectivity index (χ4n) is 2.46. The summed E-state index contributed by atoms with van der Waals surface area (Å²) in [7, 11) is -1.84. The van der Waals surface area contributed by atoms with Crippen LogP contribution in [-0.2, 0) is 21.3 Å².